The molecule has 1 aliphatic heterocycles. The maximum absolute atomic E-state index is 13.4. The Morgan fingerprint density at radius 3 is 2.05 bits per heavy atom. The van der Waals surface area contributed by atoms with Crippen LogP contribution in [0.2, 0.25) is 5.02 Å². The maximum atomic E-state index is 13.4. The summed E-state index contributed by atoms with van der Waals surface area (Å²) < 4.78 is 15.9. The third-order valence-electron chi connectivity index (χ3n) is 6.24. The smallest absolute Gasteiger partial charge is 0.300 e. The summed E-state index contributed by atoms with van der Waals surface area (Å²) in [5.41, 5.74) is 2.22. The molecule has 8 nitrogen and oxygen atoms in total. The van der Waals surface area contributed by atoms with Gasteiger partial charge in [0.1, 0.15) is 11.5 Å². The van der Waals surface area contributed by atoms with Crippen molar-refractivity contribution in [3.05, 3.63) is 82.4 Å². The molecule has 0 aliphatic carbocycles. The molecule has 3 aromatic carbocycles. The lowest BCUT2D eigenvalue weighted by molar-refractivity contribution is -0.132. The van der Waals surface area contributed by atoms with E-state index in [9.17, 15) is 14.7 Å². The molecule has 1 saturated heterocycles. The van der Waals surface area contributed by atoms with E-state index in [0.717, 1.165) is 5.69 Å². The zero-order valence-corrected chi connectivity index (χ0v) is 21.9. The Hall–Kier alpha value is -4.17. The lowest BCUT2D eigenvalue weighted by atomic mass is 9.94. The van der Waals surface area contributed by atoms with E-state index in [1.807, 2.05) is 43.3 Å². The highest BCUT2D eigenvalue weighted by Crippen LogP contribution is 2.44. The van der Waals surface area contributed by atoms with Gasteiger partial charge in [0, 0.05) is 31.0 Å². The molecule has 0 spiro atoms. The number of anilines is 2. The molecule has 0 radical (unpaired) electrons. The number of nitrogens with zero attached hydrogens (tertiary/aromatic N) is 2. The fourth-order valence-corrected chi connectivity index (χ4v) is 4.57. The zero-order valence-electron chi connectivity index (χ0n) is 21.1. The number of ketones is 1. The second-order valence-corrected chi connectivity index (χ2v) is 8.95. The quantitative estimate of drug-likeness (QED) is 0.263. The van der Waals surface area contributed by atoms with Crippen LogP contribution in [0, 0.1) is 0 Å². The number of amides is 1. The van der Waals surface area contributed by atoms with Crippen molar-refractivity contribution in [1.82, 2.24) is 0 Å². The highest BCUT2D eigenvalue weighted by Gasteiger charge is 2.47. The van der Waals surface area contributed by atoms with Gasteiger partial charge in [-0.2, -0.15) is 0 Å². The van der Waals surface area contributed by atoms with Gasteiger partial charge in [-0.05, 0) is 54.1 Å². The number of aliphatic hydroxyl groups is 1. The van der Waals surface area contributed by atoms with Gasteiger partial charge in [-0.3, -0.25) is 14.5 Å². The largest absolute Gasteiger partial charge is 0.507 e. The average Bonchev–Trinajstić information content (AvgIpc) is 3.17. The molecule has 0 saturated carbocycles. The Morgan fingerprint density at radius 2 is 1.49 bits per heavy atom. The van der Waals surface area contributed by atoms with Gasteiger partial charge in [-0.25, -0.2) is 0 Å². The van der Waals surface area contributed by atoms with E-state index in [0.29, 0.717) is 34.1 Å². The van der Waals surface area contributed by atoms with E-state index in [1.165, 1.54) is 26.2 Å². The highest BCUT2D eigenvalue weighted by atomic mass is 35.5. The molecule has 192 valence electrons. The minimum absolute atomic E-state index is 0.0539. The molecule has 1 heterocycles. The van der Waals surface area contributed by atoms with Gasteiger partial charge >= 0.3 is 0 Å². The zero-order chi connectivity index (χ0) is 26.9. The van der Waals surface area contributed by atoms with Crippen LogP contribution in [-0.2, 0) is 9.59 Å². The second-order valence-electron chi connectivity index (χ2n) is 8.54. The summed E-state index contributed by atoms with van der Waals surface area (Å²) in [5, 5.41) is 11.7. The molecule has 9 heteroatoms. The van der Waals surface area contributed by atoms with Crippen molar-refractivity contribution in [3.8, 4) is 17.2 Å². The van der Waals surface area contributed by atoms with Crippen molar-refractivity contribution in [3.63, 3.8) is 0 Å². The number of methoxy groups -OCH3 is 3. The van der Waals surface area contributed by atoms with Crippen LogP contribution in [0.5, 0.6) is 17.2 Å². The molecule has 1 aliphatic rings. The molecular formula is C28H27ClN2O6. The number of carbonyl (C=O) groups is 2. The van der Waals surface area contributed by atoms with E-state index in [-0.39, 0.29) is 16.4 Å². The van der Waals surface area contributed by atoms with Gasteiger partial charge in [-0.1, -0.05) is 23.7 Å². The molecule has 1 amide bonds. The Labute approximate surface area is 220 Å². The third-order valence-corrected chi connectivity index (χ3v) is 6.54. The van der Waals surface area contributed by atoms with Crippen molar-refractivity contribution in [2.75, 3.05) is 45.2 Å². The fourth-order valence-electron chi connectivity index (χ4n) is 4.31. The maximum Gasteiger partial charge on any atom is 0.300 e. The summed E-state index contributed by atoms with van der Waals surface area (Å²) in [6.45, 7) is 0. The summed E-state index contributed by atoms with van der Waals surface area (Å²) in [7, 11) is 8.29. The first kappa shape index (κ1) is 25.9. The van der Waals surface area contributed by atoms with E-state index < -0.39 is 17.7 Å². The van der Waals surface area contributed by atoms with E-state index in [1.54, 1.807) is 36.4 Å². The number of rotatable bonds is 7. The monoisotopic (exact) mass is 522 g/mol. The van der Waals surface area contributed by atoms with Crippen molar-refractivity contribution in [2.45, 2.75) is 6.04 Å². The predicted molar refractivity (Wildman–Crippen MR) is 143 cm³/mol. The number of benzene rings is 3. The molecular weight excluding hydrogens is 496 g/mol. The van der Waals surface area contributed by atoms with Gasteiger partial charge in [0.2, 0.25) is 0 Å². The Balaban J connectivity index is 1.93. The van der Waals surface area contributed by atoms with E-state index in [2.05, 4.69) is 0 Å². The number of halogens is 1. The van der Waals surface area contributed by atoms with Crippen molar-refractivity contribution in [1.29, 1.82) is 0 Å². The molecule has 4 rings (SSSR count). The highest BCUT2D eigenvalue weighted by molar-refractivity contribution is 6.51. The summed E-state index contributed by atoms with van der Waals surface area (Å²) >= 11 is 6.36. The normalized spacial score (nSPS) is 16.6. The van der Waals surface area contributed by atoms with Gasteiger partial charge in [0.05, 0.1) is 38.0 Å². The molecule has 1 fully saturated rings. The first-order chi connectivity index (χ1) is 17.7. The molecule has 0 aromatic heterocycles. The summed E-state index contributed by atoms with van der Waals surface area (Å²) in [6.07, 6.45) is 0. The minimum atomic E-state index is -0.909. The molecule has 3 aromatic rings. The number of aliphatic hydroxyl groups excluding tert-OH is 1. The molecule has 1 unspecified atom stereocenters. The number of ether oxygens (including phenoxy) is 3. The lowest BCUT2D eigenvalue weighted by Crippen LogP contribution is -2.29. The standard InChI is InChI=1S/C28H27ClN2O6/c1-30(2)18-9-6-16(7-10-18)25-24(26(32)17-8-12-22(36-4)23(14-17)37-5)27(33)28(34)31(25)19-11-13-21(35-3)20(29)15-19/h6-15,25,32H,1-5H3/b26-24+. The van der Waals surface area contributed by atoms with Crippen molar-refractivity contribution in [2.24, 2.45) is 0 Å². The number of hydrogen-bond donors (Lipinski definition) is 1. The summed E-state index contributed by atoms with van der Waals surface area (Å²) in [5.74, 6) is -0.675. The van der Waals surface area contributed by atoms with Crippen molar-refractivity contribution < 1.29 is 28.9 Å². The molecule has 37 heavy (non-hydrogen) atoms. The van der Waals surface area contributed by atoms with Crippen LogP contribution in [0.3, 0.4) is 0 Å². The van der Waals surface area contributed by atoms with Gasteiger partial charge in [-0.15, -0.1) is 0 Å². The van der Waals surface area contributed by atoms with Crippen LogP contribution >= 0.6 is 11.6 Å². The summed E-state index contributed by atoms with van der Waals surface area (Å²) in [4.78, 5) is 30.1. The van der Waals surface area contributed by atoms with E-state index >= 15 is 0 Å². The van der Waals surface area contributed by atoms with Gasteiger partial charge in [0.25, 0.3) is 11.7 Å². The van der Waals surface area contributed by atoms with Crippen molar-refractivity contribution >= 4 is 40.4 Å². The van der Waals surface area contributed by atoms with Crippen LogP contribution in [-0.4, -0.2) is 52.2 Å². The summed E-state index contributed by atoms with van der Waals surface area (Å²) in [6, 6.07) is 16.1. The van der Waals surface area contributed by atoms with Crippen LogP contribution in [0.15, 0.2) is 66.2 Å². The average molecular weight is 523 g/mol. The predicted octanol–water partition coefficient (Wildman–Crippen LogP) is 5.06. The number of Topliss-reactive ketones (excluding diaryl/α,β-unsaturated/α-hetero) is 1. The Bertz CT molecular complexity index is 1380. The van der Waals surface area contributed by atoms with Crippen LogP contribution in [0.4, 0.5) is 11.4 Å². The van der Waals surface area contributed by atoms with Crippen LogP contribution in [0.1, 0.15) is 17.2 Å². The Morgan fingerprint density at radius 1 is 0.865 bits per heavy atom. The van der Waals surface area contributed by atoms with Crippen LogP contribution in [0.25, 0.3) is 5.76 Å². The fraction of sp³-hybridized carbons (Fsp3) is 0.214. The molecule has 1 atom stereocenters. The first-order valence-corrected chi connectivity index (χ1v) is 11.7. The Kier molecular flexibility index (Phi) is 7.31. The topological polar surface area (TPSA) is 88.5 Å². The van der Waals surface area contributed by atoms with Gasteiger partial charge in [0.15, 0.2) is 11.5 Å². The second kappa shape index (κ2) is 10.4. The minimum Gasteiger partial charge on any atom is -0.507 e. The number of hydrogen-bond acceptors (Lipinski definition) is 7. The lowest BCUT2D eigenvalue weighted by Gasteiger charge is -2.26. The third kappa shape index (κ3) is 4.68. The SMILES string of the molecule is COc1ccc(N2C(=O)C(=O)/C(=C(/O)c3ccc(OC)c(OC)c3)C2c2ccc(N(C)C)cc2)cc1Cl. The van der Waals surface area contributed by atoms with E-state index in [4.69, 9.17) is 25.8 Å². The van der Waals surface area contributed by atoms with Crippen LogP contribution < -0.4 is 24.0 Å². The number of carbonyl (C=O) groups excluding carboxylic acids is 2. The first-order valence-electron chi connectivity index (χ1n) is 11.4. The molecule has 0 bridgehead atoms. The van der Waals surface area contributed by atoms with Gasteiger partial charge < -0.3 is 24.2 Å². The molecule has 1 N–H and O–H groups in total.